The summed E-state index contributed by atoms with van der Waals surface area (Å²) in [5, 5.41) is 9.04. The molecule has 4 nitrogen and oxygen atoms in total. The zero-order chi connectivity index (χ0) is 17.1. The summed E-state index contributed by atoms with van der Waals surface area (Å²) < 4.78 is 0. The van der Waals surface area contributed by atoms with Crippen molar-refractivity contribution in [1.82, 2.24) is 15.5 Å². The zero-order valence-electron chi connectivity index (χ0n) is 14.7. The van der Waals surface area contributed by atoms with Gasteiger partial charge in [0.2, 0.25) is 5.91 Å². The maximum absolute atomic E-state index is 12.4. The lowest BCUT2D eigenvalue weighted by Gasteiger charge is -2.27. The quantitative estimate of drug-likeness (QED) is 0.796. The Morgan fingerprint density at radius 1 is 1.12 bits per heavy atom. The monoisotopic (exact) mass is 337 g/mol. The van der Waals surface area contributed by atoms with E-state index in [1.165, 1.54) is 16.3 Å². The van der Waals surface area contributed by atoms with E-state index in [1.807, 2.05) is 0 Å². The van der Waals surface area contributed by atoms with Crippen molar-refractivity contribution in [3.8, 4) is 0 Å². The van der Waals surface area contributed by atoms with Gasteiger partial charge in [-0.25, -0.2) is 0 Å². The highest BCUT2D eigenvalue weighted by atomic mass is 16.2. The molecule has 0 aromatic heterocycles. The number of hydrogen-bond donors (Lipinski definition) is 2. The molecule has 1 saturated carbocycles. The Morgan fingerprint density at radius 2 is 1.92 bits per heavy atom. The van der Waals surface area contributed by atoms with Crippen LogP contribution < -0.4 is 10.6 Å². The predicted octanol–water partition coefficient (Wildman–Crippen LogP) is 2.35. The van der Waals surface area contributed by atoms with Crippen LogP contribution in [0.1, 0.15) is 24.3 Å². The van der Waals surface area contributed by atoms with Gasteiger partial charge in [-0.3, -0.25) is 4.79 Å². The minimum atomic E-state index is 0.167. The SMILES string of the molecule is O=C(NCCCN1CCNCC1)C1CC1c1ccc2ccccc2c1. The van der Waals surface area contributed by atoms with Crippen molar-refractivity contribution in [2.24, 2.45) is 5.92 Å². The van der Waals surface area contributed by atoms with Crippen LogP contribution in [-0.4, -0.2) is 50.1 Å². The summed E-state index contributed by atoms with van der Waals surface area (Å²) in [7, 11) is 0. The molecule has 2 N–H and O–H groups in total. The van der Waals surface area contributed by atoms with Crippen molar-refractivity contribution in [2.45, 2.75) is 18.8 Å². The van der Waals surface area contributed by atoms with E-state index < -0.39 is 0 Å². The van der Waals surface area contributed by atoms with Crippen molar-refractivity contribution < 1.29 is 4.79 Å². The average molecular weight is 337 g/mol. The first-order valence-electron chi connectivity index (χ1n) is 9.51. The highest BCUT2D eigenvalue weighted by molar-refractivity contribution is 5.85. The third-order valence-corrected chi connectivity index (χ3v) is 5.49. The lowest BCUT2D eigenvalue weighted by atomic mass is 10.0. The highest BCUT2D eigenvalue weighted by Crippen LogP contribution is 2.48. The number of rotatable bonds is 6. The Hall–Kier alpha value is -1.91. The molecule has 1 aliphatic heterocycles. The smallest absolute Gasteiger partial charge is 0.223 e. The Labute approximate surface area is 149 Å². The van der Waals surface area contributed by atoms with Gasteiger partial charge in [0.15, 0.2) is 0 Å². The molecule has 0 spiro atoms. The Balaban J connectivity index is 1.23. The second-order valence-corrected chi connectivity index (χ2v) is 7.29. The van der Waals surface area contributed by atoms with Crippen molar-refractivity contribution >= 4 is 16.7 Å². The minimum Gasteiger partial charge on any atom is -0.356 e. The van der Waals surface area contributed by atoms with Crippen LogP contribution in [0.4, 0.5) is 0 Å². The van der Waals surface area contributed by atoms with E-state index in [-0.39, 0.29) is 11.8 Å². The summed E-state index contributed by atoms with van der Waals surface area (Å²) in [4.78, 5) is 14.8. The molecule has 1 aliphatic carbocycles. The number of nitrogens with one attached hydrogen (secondary N) is 2. The third kappa shape index (κ3) is 4.02. The van der Waals surface area contributed by atoms with Gasteiger partial charge >= 0.3 is 0 Å². The van der Waals surface area contributed by atoms with Gasteiger partial charge in [-0.1, -0.05) is 42.5 Å². The van der Waals surface area contributed by atoms with E-state index >= 15 is 0 Å². The molecule has 1 saturated heterocycles. The maximum Gasteiger partial charge on any atom is 0.223 e. The van der Waals surface area contributed by atoms with Gasteiger partial charge < -0.3 is 15.5 Å². The molecule has 4 heteroatoms. The number of carbonyl (C=O) groups is 1. The Kier molecular flexibility index (Phi) is 4.99. The van der Waals surface area contributed by atoms with E-state index in [4.69, 9.17) is 0 Å². The van der Waals surface area contributed by atoms with Crippen molar-refractivity contribution in [3.05, 3.63) is 48.0 Å². The molecule has 2 aliphatic rings. The van der Waals surface area contributed by atoms with Crippen LogP contribution in [-0.2, 0) is 4.79 Å². The van der Waals surface area contributed by atoms with Gasteiger partial charge in [0.1, 0.15) is 0 Å². The molecule has 2 unspecified atom stereocenters. The zero-order valence-corrected chi connectivity index (χ0v) is 14.7. The van der Waals surface area contributed by atoms with Crippen LogP contribution in [0.2, 0.25) is 0 Å². The predicted molar refractivity (Wildman–Crippen MR) is 102 cm³/mol. The molecule has 0 radical (unpaired) electrons. The van der Waals surface area contributed by atoms with Gasteiger partial charge in [-0.2, -0.15) is 0 Å². The van der Waals surface area contributed by atoms with Crippen LogP contribution in [0, 0.1) is 5.92 Å². The lowest BCUT2D eigenvalue weighted by molar-refractivity contribution is -0.122. The minimum absolute atomic E-state index is 0.167. The number of carbonyl (C=O) groups excluding carboxylic acids is 1. The first kappa shape index (κ1) is 16.6. The molecule has 2 fully saturated rings. The van der Waals surface area contributed by atoms with Crippen molar-refractivity contribution in [3.63, 3.8) is 0 Å². The molecule has 2 atom stereocenters. The number of benzene rings is 2. The summed E-state index contributed by atoms with van der Waals surface area (Å²) in [6.45, 7) is 6.30. The second kappa shape index (κ2) is 7.54. The largest absolute Gasteiger partial charge is 0.356 e. The van der Waals surface area contributed by atoms with Crippen LogP contribution in [0.3, 0.4) is 0 Å². The summed E-state index contributed by atoms with van der Waals surface area (Å²) in [5.41, 5.74) is 1.31. The van der Waals surface area contributed by atoms with Crippen LogP contribution in [0.5, 0.6) is 0 Å². The molecule has 25 heavy (non-hydrogen) atoms. The van der Waals surface area contributed by atoms with E-state index in [1.54, 1.807) is 0 Å². The Morgan fingerprint density at radius 3 is 2.76 bits per heavy atom. The van der Waals surface area contributed by atoms with Crippen molar-refractivity contribution in [2.75, 3.05) is 39.3 Å². The molecule has 2 aromatic carbocycles. The molecule has 1 amide bonds. The van der Waals surface area contributed by atoms with Crippen LogP contribution in [0.15, 0.2) is 42.5 Å². The highest BCUT2D eigenvalue weighted by Gasteiger charge is 2.43. The number of fused-ring (bicyclic) bond motifs is 1. The van der Waals surface area contributed by atoms with Gasteiger partial charge in [-0.05, 0) is 41.6 Å². The van der Waals surface area contributed by atoms with Gasteiger partial charge in [-0.15, -0.1) is 0 Å². The molecular weight excluding hydrogens is 310 g/mol. The maximum atomic E-state index is 12.4. The first-order valence-corrected chi connectivity index (χ1v) is 9.51. The molecule has 4 rings (SSSR count). The third-order valence-electron chi connectivity index (χ3n) is 5.49. The summed E-state index contributed by atoms with van der Waals surface area (Å²) >= 11 is 0. The first-order chi connectivity index (χ1) is 12.3. The fourth-order valence-electron chi connectivity index (χ4n) is 3.87. The van der Waals surface area contributed by atoms with Crippen LogP contribution >= 0.6 is 0 Å². The van der Waals surface area contributed by atoms with Gasteiger partial charge in [0.25, 0.3) is 0 Å². The van der Waals surface area contributed by atoms with Gasteiger partial charge in [0.05, 0.1) is 0 Å². The van der Waals surface area contributed by atoms with Crippen molar-refractivity contribution in [1.29, 1.82) is 0 Å². The molecule has 132 valence electrons. The normalized spacial score (nSPS) is 23.5. The number of hydrogen-bond acceptors (Lipinski definition) is 3. The summed E-state index contributed by atoms with van der Waals surface area (Å²) in [5.74, 6) is 0.802. The number of amides is 1. The second-order valence-electron chi connectivity index (χ2n) is 7.29. The molecule has 0 bridgehead atoms. The standard InChI is InChI=1S/C21H27N3O/c25-21(23-8-3-11-24-12-9-22-10-13-24)20-15-19(20)18-7-6-16-4-1-2-5-17(16)14-18/h1-2,4-7,14,19-20,22H,3,8-13,15H2,(H,23,25). The average Bonchev–Trinajstić information content (AvgIpc) is 3.46. The van der Waals surface area contributed by atoms with E-state index in [0.717, 1.165) is 52.1 Å². The molecule has 1 heterocycles. The summed E-state index contributed by atoms with van der Waals surface area (Å²) in [6.07, 6.45) is 2.03. The fourth-order valence-corrected chi connectivity index (χ4v) is 3.87. The van der Waals surface area contributed by atoms with E-state index in [9.17, 15) is 4.79 Å². The summed E-state index contributed by atoms with van der Waals surface area (Å²) in [6, 6.07) is 15.0. The van der Waals surface area contributed by atoms with E-state index in [2.05, 4.69) is 58.0 Å². The number of nitrogens with zero attached hydrogens (tertiary/aromatic N) is 1. The molecule has 2 aromatic rings. The van der Waals surface area contributed by atoms with Gasteiger partial charge in [0, 0.05) is 38.6 Å². The fraction of sp³-hybridized carbons (Fsp3) is 0.476. The topological polar surface area (TPSA) is 44.4 Å². The van der Waals surface area contributed by atoms with Crippen LogP contribution in [0.25, 0.3) is 10.8 Å². The van der Waals surface area contributed by atoms with E-state index in [0.29, 0.717) is 5.92 Å². The Bertz CT molecular complexity index is 739. The lowest BCUT2D eigenvalue weighted by Crippen LogP contribution is -2.44. The number of piperazine rings is 1. The molecular formula is C21H27N3O.